The lowest BCUT2D eigenvalue weighted by Gasteiger charge is -2.43. The number of hydrogen-bond acceptors (Lipinski definition) is 7. The quantitative estimate of drug-likeness (QED) is 0.595. The molecule has 4 heterocycles. The van der Waals surface area contributed by atoms with Crippen LogP contribution < -0.4 is 11.3 Å². The van der Waals surface area contributed by atoms with Gasteiger partial charge in [0.05, 0.1) is 19.6 Å². The number of aliphatic carboxylic acids is 1. The van der Waals surface area contributed by atoms with Gasteiger partial charge in [0.1, 0.15) is 0 Å². The van der Waals surface area contributed by atoms with Crippen LogP contribution in [-0.4, -0.2) is 76.6 Å². The standard InChI is InChI=1S/C22H32N4O4.C2H4O2/c1-30-20(27)10-18(23)22(29)25-11-15-9-17(14-25)19-6-5-16(21(28)26(19)12-15)13-24-7-3-2-4-8-24;1-2(3)4/h5-6,15,17-18H,2-4,7-14,23H2,1H3;1H3,(H,3,4)/t15-,17+,18-;/m0./s1. The molecule has 0 saturated carbocycles. The van der Waals surface area contributed by atoms with E-state index in [0.29, 0.717) is 19.6 Å². The van der Waals surface area contributed by atoms with Crippen LogP contribution in [0.2, 0.25) is 0 Å². The summed E-state index contributed by atoms with van der Waals surface area (Å²) in [6.07, 6.45) is 4.55. The SMILES string of the molecule is CC(=O)O.COC(=O)C[C@H](N)C(=O)N1C[C@@H]2C[C@H](C1)c1ccc(CN3CCCCC3)c(=O)n1C2. The molecule has 0 spiro atoms. The number of esters is 1. The Hall–Kier alpha value is -2.72. The summed E-state index contributed by atoms with van der Waals surface area (Å²) in [6.45, 7) is 5.68. The van der Waals surface area contributed by atoms with Gasteiger partial charge < -0.3 is 25.0 Å². The molecule has 3 aliphatic heterocycles. The van der Waals surface area contributed by atoms with Gasteiger partial charge in [0.15, 0.2) is 0 Å². The highest BCUT2D eigenvalue weighted by Gasteiger charge is 2.38. The van der Waals surface area contributed by atoms with Crippen molar-refractivity contribution < 1.29 is 24.2 Å². The number of aromatic nitrogens is 1. The zero-order valence-electron chi connectivity index (χ0n) is 20.1. The van der Waals surface area contributed by atoms with Crippen LogP contribution >= 0.6 is 0 Å². The topological polar surface area (TPSA) is 135 Å². The highest BCUT2D eigenvalue weighted by Crippen LogP contribution is 2.35. The summed E-state index contributed by atoms with van der Waals surface area (Å²) in [6, 6.07) is 3.17. The first-order chi connectivity index (χ1) is 16.2. The van der Waals surface area contributed by atoms with Crippen LogP contribution in [0.4, 0.5) is 0 Å². The third kappa shape index (κ3) is 6.44. The highest BCUT2D eigenvalue weighted by molar-refractivity contribution is 5.86. The Balaban J connectivity index is 0.000000751. The molecule has 2 saturated heterocycles. The van der Waals surface area contributed by atoms with Crippen molar-refractivity contribution in [3.05, 3.63) is 33.7 Å². The van der Waals surface area contributed by atoms with Crippen molar-refractivity contribution in [1.29, 1.82) is 0 Å². The highest BCUT2D eigenvalue weighted by atomic mass is 16.5. The Labute approximate surface area is 199 Å². The summed E-state index contributed by atoms with van der Waals surface area (Å²) in [5.74, 6) is -1.17. The lowest BCUT2D eigenvalue weighted by atomic mass is 9.82. The lowest BCUT2D eigenvalue weighted by molar-refractivity contribution is -0.145. The fourth-order valence-corrected chi connectivity index (χ4v) is 5.23. The molecule has 3 aliphatic rings. The van der Waals surface area contributed by atoms with Crippen LogP contribution in [0.1, 0.15) is 56.2 Å². The Kier molecular flexibility index (Phi) is 8.84. The van der Waals surface area contributed by atoms with E-state index in [9.17, 15) is 14.4 Å². The van der Waals surface area contributed by atoms with Gasteiger partial charge in [-0.05, 0) is 44.3 Å². The minimum Gasteiger partial charge on any atom is -0.481 e. The van der Waals surface area contributed by atoms with Gasteiger partial charge in [0, 0.05) is 50.3 Å². The smallest absolute Gasteiger partial charge is 0.307 e. The van der Waals surface area contributed by atoms with E-state index in [4.69, 9.17) is 15.6 Å². The van der Waals surface area contributed by atoms with Gasteiger partial charge in [-0.3, -0.25) is 24.1 Å². The lowest BCUT2D eigenvalue weighted by Crippen LogP contribution is -2.53. The Morgan fingerprint density at radius 2 is 1.82 bits per heavy atom. The summed E-state index contributed by atoms with van der Waals surface area (Å²) in [7, 11) is 1.29. The number of nitrogens with zero attached hydrogens (tertiary/aromatic N) is 3. The second-order valence-electron chi connectivity index (χ2n) is 9.48. The molecule has 1 amide bonds. The van der Waals surface area contributed by atoms with Crippen LogP contribution in [0.25, 0.3) is 0 Å². The maximum Gasteiger partial charge on any atom is 0.307 e. The first-order valence-corrected chi connectivity index (χ1v) is 11.9. The van der Waals surface area contributed by atoms with E-state index in [1.807, 2.05) is 10.6 Å². The Bertz CT molecular complexity index is 951. The molecule has 4 rings (SSSR count). The van der Waals surface area contributed by atoms with E-state index in [-0.39, 0.29) is 29.7 Å². The number of ether oxygens (including phenoxy) is 1. The van der Waals surface area contributed by atoms with Gasteiger partial charge in [-0.15, -0.1) is 0 Å². The molecule has 0 aliphatic carbocycles. The summed E-state index contributed by atoms with van der Waals surface area (Å²) >= 11 is 0. The fourth-order valence-electron chi connectivity index (χ4n) is 5.23. The number of carboxylic acid groups (broad SMARTS) is 1. The monoisotopic (exact) mass is 476 g/mol. The minimum atomic E-state index is -0.884. The maximum absolute atomic E-state index is 13.2. The number of likely N-dealkylation sites (tertiary alicyclic amines) is 2. The van der Waals surface area contributed by atoms with Gasteiger partial charge in [0.25, 0.3) is 11.5 Å². The molecule has 188 valence electrons. The number of pyridine rings is 1. The molecule has 0 radical (unpaired) electrons. The largest absolute Gasteiger partial charge is 0.481 e. The van der Waals surface area contributed by atoms with Gasteiger partial charge in [-0.2, -0.15) is 0 Å². The Morgan fingerprint density at radius 1 is 1.15 bits per heavy atom. The molecule has 10 heteroatoms. The second kappa shape index (κ2) is 11.6. The number of carboxylic acids is 1. The summed E-state index contributed by atoms with van der Waals surface area (Å²) in [5.41, 5.74) is 7.95. The molecular weight excluding hydrogens is 440 g/mol. The number of carbonyl (C=O) groups excluding carboxylic acids is 2. The average molecular weight is 477 g/mol. The number of nitrogens with two attached hydrogens (primary N) is 1. The predicted octanol–water partition coefficient (Wildman–Crippen LogP) is 0.761. The van der Waals surface area contributed by atoms with Gasteiger partial charge in [-0.25, -0.2) is 0 Å². The van der Waals surface area contributed by atoms with Gasteiger partial charge in [-0.1, -0.05) is 12.5 Å². The van der Waals surface area contributed by atoms with E-state index < -0.39 is 18.0 Å². The van der Waals surface area contributed by atoms with Crippen molar-refractivity contribution in [1.82, 2.24) is 14.4 Å². The van der Waals surface area contributed by atoms with E-state index in [1.165, 1.54) is 26.4 Å². The molecular formula is C24H36N4O6. The molecule has 1 aromatic heterocycles. The maximum atomic E-state index is 13.2. The average Bonchev–Trinajstić information content (AvgIpc) is 2.80. The number of fused-ring (bicyclic) bond motifs is 4. The summed E-state index contributed by atoms with van der Waals surface area (Å²) in [4.78, 5) is 50.5. The number of carbonyl (C=O) groups is 3. The van der Waals surface area contributed by atoms with Crippen LogP contribution in [0.15, 0.2) is 16.9 Å². The van der Waals surface area contributed by atoms with Gasteiger partial charge in [0.2, 0.25) is 5.91 Å². The van der Waals surface area contributed by atoms with Crippen molar-refractivity contribution in [3.8, 4) is 0 Å². The van der Waals surface area contributed by atoms with Crippen molar-refractivity contribution in [2.24, 2.45) is 11.7 Å². The van der Waals surface area contributed by atoms with Crippen molar-refractivity contribution in [2.45, 2.75) is 64.1 Å². The number of amides is 1. The van der Waals surface area contributed by atoms with Gasteiger partial charge >= 0.3 is 5.97 Å². The molecule has 2 fully saturated rings. The zero-order chi connectivity index (χ0) is 24.8. The minimum absolute atomic E-state index is 0.114. The molecule has 0 unspecified atom stereocenters. The van der Waals surface area contributed by atoms with E-state index in [0.717, 1.165) is 44.2 Å². The molecule has 34 heavy (non-hydrogen) atoms. The first kappa shape index (κ1) is 25.9. The number of rotatable bonds is 5. The van der Waals surface area contributed by atoms with E-state index in [1.54, 1.807) is 4.90 Å². The van der Waals surface area contributed by atoms with Crippen LogP contribution in [0, 0.1) is 5.92 Å². The molecule has 1 aromatic rings. The number of hydrogen-bond donors (Lipinski definition) is 2. The van der Waals surface area contributed by atoms with E-state index in [2.05, 4.69) is 15.7 Å². The van der Waals surface area contributed by atoms with Crippen molar-refractivity contribution in [2.75, 3.05) is 33.3 Å². The third-order valence-electron chi connectivity index (χ3n) is 6.77. The van der Waals surface area contributed by atoms with Crippen molar-refractivity contribution in [3.63, 3.8) is 0 Å². The fraction of sp³-hybridized carbons (Fsp3) is 0.667. The summed E-state index contributed by atoms with van der Waals surface area (Å²) in [5, 5.41) is 7.42. The van der Waals surface area contributed by atoms with Crippen molar-refractivity contribution >= 4 is 17.8 Å². The second-order valence-corrected chi connectivity index (χ2v) is 9.48. The molecule has 0 aromatic carbocycles. The predicted molar refractivity (Wildman–Crippen MR) is 125 cm³/mol. The van der Waals surface area contributed by atoms with Crippen LogP contribution in [0.3, 0.4) is 0 Å². The summed E-state index contributed by atoms with van der Waals surface area (Å²) < 4.78 is 6.57. The molecule has 10 nitrogen and oxygen atoms in total. The Morgan fingerprint density at radius 3 is 2.47 bits per heavy atom. The number of piperidine rings is 2. The first-order valence-electron chi connectivity index (χ1n) is 11.9. The van der Waals surface area contributed by atoms with Crippen LogP contribution in [-0.2, 0) is 32.2 Å². The normalized spacial score (nSPS) is 22.6. The third-order valence-corrected chi connectivity index (χ3v) is 6.77. The van der Waals surface area contributed by atoms with Crippen LogP contribution in [0.5, 0.6) is 0 Å². The molecule has 2 bridgehead atoms. The number of methoxy groups -OCH3 is 1. The molecule has 3 atom stereocenters. The zero-order valence-corrected chi connectivity index (χ0v) is 20.1. The molecule has 3 N–H and O–H groups in total. The van der Waals surface area contributed by atoms with E-state index >= 15 is 0 Å².